The molecular formula is C13H19N5O4. The zero-order valence-electron chi connectivity index (χ0n) is 12.4. The lowest BCUT2D eigenvalue weighted by Crippen LogP contribution is -2.26. The van der Waals surface area contributed by atoms with Crippen LogP contribution < -0.4 is 11.3 Å². The lowest BCUT2D eigenvalue weighted by molar-refractivity contribution is -0.0432. The maximum Gasteiger partial charge on any atom is 0.283 e. The fourth-order valence-electron chi connectivity index (χ4n) is 2.76. The van der Waals surface area contributed by atoms with Crippen molar-refractivity contribution in [2.45, 2.75) is 44.7 Å². The van der Waals surface area contributed by atoms with Crippen molar-refractivity contribution >= 4 is 17.1 Å². The van der Waals surface area contributed by atoms with Gasteiger partial charge in [0.1, 0.15) is 12.3 Å². The number of aromatic nitrogens is 4. The molecule has 0 aliphatic carbocycles. The quantitative estimate of drug-likeness (QED) is 0.690. The first-order chi connectivity index (χ1) is 10.4. The SMILES string of the molecule is CC(C)n1c(N)nc2c(ncn2[C@H]2C[C@@H](O)[C@@H](CO)O2)c1=O. The van der Waals surface area contributed by atoms with Crippen molar-refractivity contribution in [2.75, 3.05) is 12.3 Å². The Morgan fingerprint density at radius 3 is 2.86 bits per heavy atom. The van der Waals surface area contributed by atoms with E-state index in [1.165, 1.54) is 10.9 Å². The number of nitrogens with two attached hydrogens (primary N) is 1. The zero-order chi connectivity index (χ0) is 16.0. The van der Waals surface area contributed by atoms with Gasteiger partial charge in [-0.1, -0.05) is 0 Å². The molecule has 3 atom stereocenters. The maximum absolute atomic E-state index is 12.4. The van der Waals surface area contributed by atoms with E-state index in [2.05, 4.69) is 9.97 Å². The summed E-state index contributed by atoms with van der Waals surface area (Å²) in [4.78, 5) is 20.8. The second-order valence-electron chi connectivity index (χ2n) is 5.68. The smallest absolute Gasteiger partial charge is 0.283 e. The van der Waals surface area contributed by atoms with Crippen LogP contribution in [-0.2, 0) is 4.74 Å². The van der Waals surface area contributed by atoms with E-state index in [9.17, 15) is 9.90 Å². The molecule has 0 aromatic carbocycles. The maximum atomic E-state index is 12.4. The monoisotopic (exact) mass is 309 g/mol. The predicted molar refractivity (Wildman–Crippen MR) is 78.2 cm³/mol. The number of aliphatic hydroxyl groups excluding tert-OH is 2. The Labute approximate surface area is 126 Å². The van der Waals surface area contributed by atoms with Crippen molar-refractivity contribution in [1.29, 1.82) is 0 Å². The van der Waals surface area contributed by atoms with E-state index in [1.54, 1.807) is 4.57 Å². The summed E-state index contributed by atoms with van der Waals surface area (Å²) in [6, 6.07) is -0.127. The molecule has 3 rings (SSSR count). The summed E-state index contributed by atoms with van der Waals surface area (Å²) < 4.78 is 8.51. The van der Waals surface area contributed by atoms with Gasteiger partial charge in [-0.05, 0) is 13.8 Å². The van der Waals surface area contributed by atoms with Crippen molar-refractivity contribution in [1.82, 2.24) is 19.1 Å². The number of rotatable bonds is 3. The van der Waals surface area contributed by atoms with Crippen LogP contribution in [0.5, 0.6) is 0 Å². The van der Waals surface area contributed by atoms with Crippen LogP contribution in [0.1, 0.15) is 32.5 Å². The summed E-state index contributed by atoms with van der Waals surface area (Å²) in [6.07, 6.45) is -0.249. The number of nitrogen functional groups attached to an aromatic ring is 1. The Kier molecular flexibility index (Phi) is 3.63. The van der Waals surface area contributed by atoms with Gasteiger partial charge in [0.2, 0.25) is 5.95 Å². The van der Waals surface area contributed by atoms with Gasteiger partial charge in [0, 0.05) is 12.5 Å². The summed E-state index contributed by atoms with van der Waals surface area (Å²) in [5.41, 5.74) is 6.08. The second kappa shape index (κ2) is 5.34. The van der Waals surface area contributed by atoms with Crippen molar-refractivity contribution < 1.29 is 14.9 Å². The van der Waals surface area contributed by atoms with E-state index in [4.69, 9.17) is 15.6 Å². The van der Waals surface area contributed by atoms with Gasteiger partial charge in [-0.15, -0.1) is 0 Å². The Morgan fingerprint density at radius 1 is 1.55 bits per heavy atom. The lowest BCUT2D eigenvalue weighted by atomic mass is 10.2. The first kappa shape index (κ1) is 14.9. The van der Waals surface area contributed by atoms with Gasteiger partial charge in [0.15, 0.2) is 11.2 Å². The molecule has 1 fully saturated rings. The minimum atomic E-state index is -0.777. The number of ether oxygens (including phenoxy) is 1. The third-order valence-corrected chi connectivity index (χ3v) is 3.87. The molecule has 4 N–H and O–H groups in total. The predicted octanol–water partition coefficient (Wildman–Crippen LogP) is -0.603. The number of aliphatic hydroxyl groups is 2. The molecule has 1 aliphatic rings. The Hall–Kier alpha value is -1.97. The fraction of sp³-hybridized carbons (Fsp3) is 0.615. The van der Waals surface area contributed by atoms with E-state index >= 15 is 0 Å². The summed E-state index contributed by atoms with van der Waals surface area (Å²) in [7, 11) is 0. The molecule has 1 aliphatic heterocycles. The van der Waals surface area contributed by atoms with Gasteiger partial charge in [-0.3, -0.25) is 13.9 Å². The summed E-state index contributed by atoms with van der Waals surface area (Å²) >= 11 is 0. The van der Waals surface area contributed by atoms with Crippen LogP contribution in [0.3, 0.4) is 0 Å². The molecule has 1 saturated heterocycles. The topological polar surface area (TPSA) is 128 Å². The number of anilines is 1. The molecule has 9 nitrogen and oxygen atoms in total. The number of fused-ring (bicyclic) bond motifs is 1. The van der Waals surface area contributed by atoms with Crippen LogP contribution in [-0.4, -0.2) is 48.1 Å². The van der Waals surface area contributed by atoms with Crippen LogP contribution in [0, 0.1) is 0 Å². The van der Waals surface area contributed by atoms with E-state index in [0.29, 0.717) is 5.65 Å². The highest BCUT2D eigenvalue weighted by molar-refractivity contribution is 5.71. The third kappa shape index (κ3) is 2.18. The van der Waals surface area contributed by atoms with Crippen molar-refractivity contribution in [3.8, 4) is 0 Å². The van der Waals surface area contributed by atoms with Gasteiger partial charge in [-0.25, -0.2) is 4.98 Å². The van der Waals surface area contributed by atoms with Crippen molar-refractivity contribution in [2.24, 2.45) is 0 Å². The van der Waals surface area contributed by atoms with E-state index in [0.717, 1.165) is 0 Å². The number of nitrogens with zero attached hydrogens (tertiary/aromatic N) is 4. The molecule has 120 valence electrons. The number of hydrogen-bond donors (Lipinski definition) is 3. The highest BCUT2D eigenvalue weighted by Gasteiger charge is 2.35. The Morgan fingerprint density at radius 2 is 2.27 bits per heavy atom. The molecule has 9 heteroatoms. The second-order valence-corrected chi connectivity index (χ2v) is 5.68. The van der Waals surface area contributed by atoms with Gasteiger partial charge in [0.05, 0.1) is 19.0 Å². The van der Waals surface area contributed by atoms with Gasteiger partial charge < -0.3 is 20.7 Å². The molecule has 0 bridgehead atoms. The molecule has 3 heterocycles. The van der Waals surface area contributed by atoms with Crippen LogP contribution in [0.15, 0.2) is 11.1 Å². The average molecular weight is 309 g/mol. The summed E-state index contributed by atoms with van der Waals surface area (Å²) in [6.45, 7) is 3.40. The number of imidazole rings is 1. The van der Waals surface area contributed by atoms with Crippen LogP contribution in [0.2, 0.25) is 0 Å². The Bertz CT molecular complexity index is 753. The molecule has 0 saturated carbocycles. The lowest BCUT2D eigenvalue weighted by Gasteiger charge is -2.15. The number of hydrogen-bond acceptors (Lipinski definition) is 7. The first-order valence-electron chi connectivity index (χ1n) is 7.13. The first-order valence-corrected chi connectivity index (χ1v) is 7.13. The van der Waals surface area contributed by atoms with Gasteiger partial charge in [0.25, 0.3) is 5.56 Å². The molecule has 0 amide bonds. The zero-order valence-corrected chi connectivity index (χ0v) is 12.4. The molecule has 2 aromatic rings. The molecule has 0 spiro atoms. The van der Waals surface area contributed by atoms with Crippen molar-refractivity contribution in [3.63, 3.8) is 0 Å². The molecule has 22 heavy (non-hydrogen) atoms. The van der Waals surface area contributed by atoms with E-state index in [-0.39, 0.29) is 36.1 Å². The largest absolute Gasteiger partial charge is 0.394 e. The standard InChI is InChI=1S/C13H19N5O4/c1-6(2)18-12(21)10-11(16-13(18)14)17(5-15-10)9-3-7(20)8(4-19)22-9/h5-9,19-20H,3-4H2,1-2H3,(H2,14,16)/t7-,8-,9-/m1/s1. The van der Waals surface area contributed by atoms with E-state index < -0.39 is 18.4 Å². The van der Waals surface area contributed by atoms with Crippen molar-refractivity contribution in [3.05, 3.63) is 16.7 Å². The van der Waals surface area contributed by atoms with Gasteiger partial charge in [-0.2, -0.15) is 4.98 Å². The minimum Gasteiger partial charge on any atom is -0.394 e. The summed E-state index contributed by atoms with van der Waals surface area (Å²) in [5.74, 6) is 0.103. The third-order valence-electron chi connectivity index (χ3n) is 3.87. The average Bonchev–Trinajstić information content (AvgIpc) is 3.01. The highest BCUT2D eigenvalue weighted by Crippen LogP contribution is 2.30. The van der Waals surface area contributed by atoms with Crippen LogP contribution >= 0.6 is 0 Å². The molecular weight excluding hydrogens is 290 g/mol. The normalized spacial score (nSPS) is 25.4. The van der Waals surface area contributed by atoms with Crippen LogP contribution in [0.4, 0.5) is 5.95 Å². The minimum absolute atomic E-state index is 0.103. The molecule has 2 aromatic heterocycles. The van der Waals surface area contributed by atoms with Crippen LogP contribution in [0.25, 0.3) is 11.2 Å². The summed E-state index contributed by atoms with van der Waals surface area (Å²) in [5, 5.41) is 19.0. The fourth-order valence-corrected chi connectivity index (χ4v) is 2.76. The van der Waals surface area contributed by atoms with Gasteiger partial charge >= 0.3 is 0 Å². The molecule has 0 unspecified atom stereocenters. The van der Waals surface area contributed by atoms with E-state index in [1.807, 2.05) is 13.8 Å². The Balaban J connectivity index is 2.09. The molecule has 0 radical (unpaired) electrons. The highest BCUT2D eigenvalue weighted by atomic mass is 16.5.